The molecule has 4 heteroatoms. The quantitative estimate of drug-likeness (QED) is 0.651. The van der Waals surface area contributed by atoms with Crippen LogP contribution in [0.25, 0.3) is 0 Å². The molecule has 1 aromatic carbocycles. The van der Waals surface area contributed by atoms with Crippen molar-refractivity contribution in [2.24, 2.45) is 4.99 Å². The summed E-state index contributed by atoms with van der Waals surface area (Å²) in [7, 11) is 0. The lowest BCUT2D eigenvalue weighted by molar-refractivity contribution is 0.521. The normalized spacial score (nSPS) is 16.3. The molecule has 1 fully saturated rings. The first-order valence-corrected chi connectivity index (χ1v) is 7.64. The summed E-state index contributed by atoms with van der Waals surface area (Å²) in [6, 6.07) is 8.16. The molecule has 0 aliphatic heterocycles. The van der Waals surface area contributed by atoms with E-state index in [1.807, 2.05) is 12.3 Å². The predicted octanol–water partition coefficient (Wildman–Crippen LogP) is 5.66. The minimum absolute atomic E-state index is 0.532. The molecule has 0 atom stereocenters. The predicted molar refractivity (Wildman–Crippen MR) is 85.7 cm³/mol. The number of hydrogen-bond acceptors (Lipinski definition) is 1. The fraction of sp³-hybridized carbons (Fsp3) is 0.312. The molecule has 3 rings (SSSR count). The highest BCUT2D eigenvalue weighted by molar-refractivity contribution is 6.42. The van der Waals surface area contributed by atoms with Gasteiger partial charge in [-0.2, -0.15) is 0 Å². The number of hydrogen-bond donors (Lipinski definition) is 0. The minimum Gasteiger partial charge on any atom is -0.351 e. The molecule has 2 nitrogen and oxygen atoms in total. The standard InChI is InChI=1S/C16H16Cl2N2/c17-15-6-5-13(9-16(15)18)19-10-12-7-8-20(11-12)14-3-1-2-4-14/h5-11,14H,1-4H2. The molecule has 1 aromatic heterocycles. The SMILES string of the molecule is Clc1ccc(N=Cc2ccn(C3CCCC3)c2)cc1Cl. The number of nitrogens with zero attached hydrogens (tertiary/aromatic N) is 2. The first-order valence-electron chi connectivity index (χ1n) is 6.89. The van der Waals surface area contributed by atoms with E-state index in [0.717, 1.165) is 11.3 Å². The third-order valence-corrected chi connectivity index (χ3v) is 4.49. The summed E-state index contributed by atoms with van der Waals surface area (Å²) in [5, 5.41) is 1.09. The lowest BCUT2D eigenvalue weighted by Gasteiger charge is -2.10. The van der Waals surface area contributed by atoms with E-state index in [1.54, 1.807) is 12.1 Å². The van der Waals surface area contributed by atoms with E-state index in [1.165, 1.54) is 25.7 Å². The van der Waals surface area contributed by atoms with Crippen LogP contribution in [-0.4, -0.2) is 10.8 Å². The van der Waals surface area contributed by atoms with Gasteiger partial charge in [0, 0.05) is 30.2 Å². The molecule has 104 valence electrons. The van der Waals surface area contributed by atoms with Crippen molar-refractivity contribution in [3.05, 3.63) is 52.3 Å². The van der Waals surface area contributed by atoms with E-state index in [0.29, 0.717) is 16.1 Å². The number of aromatic nitrogens is 1. The topological polar surface area (TPSA) is 17.3 Å². The maximum absolute atomic E-state index is 5.98. The molecule has 0 bridgehead atoms. The second-order valence-electron chi connectivity index (χ2n) is 5.19. The van der Waals surface area contributed by atoms with Crippen LogP contribution < -0.4 is 0 Å². The molecule has 0 radical (unpaired) electrons. The number of benzene rings is 1. The van der Waals surface area contributed by atoms with Gasteiger partial charge in [0.05, 0.1) is 15.7 Å². The van der Waals surface area contributed by atoms with Crippen molar-refractivity contribution in [2.75, 3.05) is 0 Å². The molecule has 1 aliphatic carbocycles. The molecule has 0 spiro atoms. The molecule has 1 aliphatic rings. The maximum atomic E-state index is 5.98. The van der Waals surface area contributed by atoms with E-state index < -0.39 is 0 Å². The number of aliphatic imine (C=N–C) groups is 1. The first-order chi connectivity index (χ1) is 9.72. The van der Waals surface area contributed by atoms with Crippen LogP contribution in [-0.2, 0) is 0 Å². The van der Waals surface area contributed by atoms with Gasteiger partial charge in [-0.15, -0.1) is 0 Å². The van der Waals surface area contributed by atoms with Crippen molar-refractivity contribution < 1.29 is 0 Å². The van der Waals surface area contributed by atoms with Crippen molar-refractivity contribution >= 4 is 35.1 Å². The smallest absolute Gasteiger partial charge is 0.0645 e. The molecule has 0 saturated heterocycles. The van der Waals surface area contributed by atoms with Crippen LogP contribution in [0.2, 0.25) is 10.0 Å². The molecule has 0 unspecified atom stereocenters. The Morgan fingerprint density at radius 1 is 1.10 bits per heavy atom. The summed E-state index contributed by atoms with van der Waals surface area (Å²) in [4.78, 5) is 4.44. The lowest BCUT2D eigenvalue weighted by atomic mass is 10.2. The van der Waals surface area contributed by atoms with Crippen LogP contribution in [0.1, 0.15) is 37.3 Å². The van der Waals surface area contributed by atoms with Crippen LogP contribution in [0, 0.1) is 0 Å². The molecule has 2 aromatic rings. The Kier molecular flexibility index (Phi) is 4.13. The van der Waals surface area contributed by atoms with E-state index in [2.05, 4.69) is 28.0 Å². The Hall–Kier alpha value is -1.25. The van der Waals surface area contributed by atoms with Gasteiger partial charge in [0.1, 0.15) is 0 Å². The fourth-order valence-electron chi connectivity index (χ4n) is 2.65. The highest BCUT2D eigenvalue weighted by Gasteiger charge is 2.15. The third-order valence-electron chi connectivity index (χ3n) is 3.75. The minimum atomic E-state index is 0.532. The zero-order chi connectivity index (χ0) is 13.9. The van der Waals surface area contributed by atoms with Crippen LogP contribution in [0.15, 0.2) is 41.7 Å². The van der Waals surface area contributed by atoms with E-state index >= 15 is 0 Å². The Bertz CT molecular complexity index is 625. The summed E-state index contributed by atoms with van der Waals surface area (Å²) < 4.78 is 2.31. The molecule has 1 saturated carbocycles. The lowest BCUT2D eigenvalue weighted by Crippen LogP contribution is -2.00. The average Bonchev–Trinajstić information content (AvgIpc) is 3.09. The van der Waals surface area contributed by atoms with Gasteiger partial charge in [0.25, 0.3) is 0 Å². The van der Waals surface area contributed by atoms with Crippen molar-refractivity contribution in [3.8, 4) is 0 Å². The van der Waals surface area contributed by atoms with E-state index in [4.69, 9.17) is 23.2 Å². The summed E-state index contributed by atoms with van der Waals surface area (Å²) in [6.45, 7) is 0. The van der Waals surface area contributed by atoms with Gasteiger partial charge >= 0.3 is 0 Å². The van der Waals surface area contributed by atoms with Gasteiger partial charge in [-0.05, 0) is 37.1 Å². The molecule has 1 heterocycles. The molecular formula is C16H16Cl2N2. The van der Waals surface area contributed by atoms with Gasteiger partial charge < -0.3 is 4.57 Å². The zero-order valence-electron chi connectivity index (χ0n) is 11.1. The van der Waals surface area contributed by atoms with Crippen LogP contribution >= 0.6 is 23.2 Å². The molecule has 20 heavy (non-hydrogen) atoms. The monoisotopic (exact) mass is 306 g/mol. The van der Waals surface area contributed by atoms with Crippen LogP contribution in [0.4, 0.5) is 5.69 Å². The highest BCUT2D eigenvalue weighted by Crippen LogP contribution is 2.30. The van der Waals surface area contributed by atoms with E-state index in [9.17, 15) is 0 Å². The zero-order valence-corrected chi connectivity index (χ0v) is 12.6. The molecule has 0 amide bonds. The second kappa shape index (κ2) is 6.02. The molecule has 0 N–H and O–H groups in total. The van der Waals surface area contributed by atoms with E-state index in [-0.39, 0.29) is 0 Å². The highest BCUT2D eigenvalue weighted by atomic mass is 35.5. The average molecular weight is 307 g/mol. The van der Waals surface area contributed by atoms with Crippen LogP contribution in [0.3, 0.4) is 0 Å². The van der Waals surface area contributed by atoms with Crippen molar-refractivity contribution in [1.82, 2.24) is 4.57 Å². The van der Waals surface area contributed by atoms with Gasteiger partial charge in [-0.25, -0.2) is 0 Å². The molecular weight excluding hydrogens is 291 g/mol. The maximum Gasteiger partial charge on any atom is 0.0645 e. The van der Waals surface area contributed by atoms with Crippen molar-refractivity contribution in [2.45, 2.75) is 31.7 Å². The van der Waals surface area contributed by atoms with Crippen LogP contribution in [0.5, 0.6) is 0 Å². The second-order valence-corrected chi connectivity index (χ2v) is 6.00. The number of rotatable bonds is 3. The Morgan fingerprint density at radius 2 is 1.90 bits per heavy atom. The Morgan fingerprint density at radius 3 is 2.65 bits per heavy atom. The summed E-state index contributed by atoms with van der Waals surface area (Å²) >= 11 is 11.9. The van der Waals surface area contributed by atoms with Gasteiger partial charge in [-0.3, -0.25) is 4.99 Å². The summed E-state index contributed by atoms with van der Waals surface area (Å²) in [5.74, 6) is 0. The largest absolute Gasteiger partial charge is 0.351 e. The first kappa shape index (κ1) is 13.7. The van der Waals surface area contributed by atoms with Gasteiger partial charge in [0.15, 0.2) is 0 Å². The number of halogens is 2. The van der Waals surface area contributed by atoms with Crippen molar-refractivity contribution in [1.29, 1.82) is 0 Å². The third kappa shape index (κ3) is 3.08. The van der Waals surface area contributed by atoms with Gasteiger partial charge in [-0.1, -0.05) is 36.0 Å². The van der Waals surface area contributed by atoms with Gasteiger partial charge in [0.2, 0.25) is 0 Å². The summed E-state index contributed by atoms with van der Waals surface area (Å²) in [5.41, 5.74) is 1.93. The Labute approximate surface area is 129 Å². The fourth-order valence-corrected chi connectivity index (χ4v) is 2.94. The van der Waals surface area contributed by atoms with Crippen molar-refractivity contribution in [3.63, 3.8) is 0 Å². The summed E-state index contributed by atoms with van der Waals surface area (Å²) in [6.07, 6.45) is 11.4. The Balaban J connectivity index is 1.73.